The molecule has 0 bridgehead atoms. The van der Waals surface area contributed by atoms with Gasteiger partial charge in [-0.05, 0) is 37.0 Å². The fourth-order valence-electron chi connectivity index (χ4n) is 1.08. The molecule has 0 radical (unpaired) electrons. The van der Waals surface area contributed by atoms with E-state index in [4.69, 9.17) is 18.0 Å². The number of thioether (sulfide) groups is 1. The maximum absolute atomic E-state index is 5.61. The van der Waals surface area contributed by atoms with Gasteiger partial charge in [0.2, 0.25) is 0 Å². The van der Waals surface area contributed by atoms with Crippen molar-refractivity contribution in [3.8, 4) is 0 Å². The van der Waals surface area contributed by atoms with Gasteiger partial charge in [-0.15, -0.1) is 5.10 Å². The van der Waals surface area contributed by atoms with Crippen molar-refractivity contribution in [1.29, 1.82) is 0 Å². The second-order valence-corrected chi connectivity index (χ2v) is 5.01. The van der Waals surface area contributed by atoms with Gasteiger partial charge < -0.3 is 11.1 Å². The Morgan fingerprint density at radius 2 is 2.06 bits per heavy atom. The van der Waals surface area contributed by atoms with E-state index in [-0.39, 0.29) is 0 Å². The van der Waals surface area contributed by atoms with E-state index < -0.39 is 0 Å². The Kier molecular flexibility index (Phi) is 5.79. The van der Waals surface area contributed by atoms with Crippen LogP contribution in [0.5, 0.6) is 0 Å². The zero-order chi connectivity index (χ0) is 12.7. The van der Waals surface area contributed by atoms with Gasteiger partial charge in [-0.2, -0.15) is 0 Å². The van der Waals surface area contributed by atoms with Crippen molar-refractivity contribution < 1.29 is 0 Å². The van der Waals surface area contributed by atoms with Crippen LogP contribution < -0.4 is 16.5 Å². The molecule has 0 aliphatic rings. The maximum Gasteiger partial charge on any atom is 0.191 e. The lowest BCUT2D eigenvalue weighted by molar-refractivity contribution is 1.04. The number of nitrogens with one attached hydrogen (secondary N) is 2. The zero-order valence-electron chi connectivity index (χ0n) is 9.86. The maximum atomic E-state index is 5.61. The largest absolute Gasteiger partial charge is 0.377 e. The average Bonchev–Trinajstić information content (AvgIpc) is 2.30. The molecule has 17 heavy (non-hydrogen) atoms. The van der Waals surface area contributed by atoms with Gasteiger partial charge in [-0.3, -0.25) is 5.43 Å². The van der Waals surface area contributed by atoms with Crippen LogP contribution in [0, 0.1) is 6.92 Å². The third kappa shape index (κ3) is 5.55. The molecule has 0 unspecified atom stereocenters. The molecule has 4 N–H and O–H groups in total. The molecule has 1 aromatic carbocycles. The molecule has 1 rings (SSSR count). The summed E-state index contributed by atoms with van der Waals surface area (Å²) in [5, 5.41) is 7.84. The van der Waals surface area contributed by atoms with Crippen LogP contribution in [0.3, 0.4) is 0 Å². The lowest BCUT2D eigenvalue weighted by Crippen LogP contribution is -2.26. The van der Waals surface area contributed by atoms with Crippen molar-refractivity contribution in [2.24, 2.45) is 10.8 Å². The second-order valence-electron chi connectivity index (χ2n) is 3.32. The monoisotopic (exact) mass is 268 g/mol. The van der Waals surface area contributed by atoms with Gasteiger partial charge in [-0.25, -0.2) is 0 Å². The number of rotatable bonds is 3. The molecular formula is C11H16N4S2. The number of amidine groups is 1. The molecule has 4 nitrogen and oxygen atoms in total. The number of hydrazone groups is 1. The van der Waals surface area contributed by atoms with E-state index >= 15 is 0 Å². The van der Waals surface area contributed by atoms with E-state index in [9.17, 15) is 0 Å². The van der Waals surface area contributed by atoms with Crippen molar-refractivity contribution in [2.75, 3.05) is 11.1 Å². The lowest BCUT2D eigenvalue weighted by Gasteiger charge is -2.07. The van der Waals surface area contributed by atoms with Gasteiger partial charge in [-0.1, -0.05) is 36.4 Å². The Morgan fingerprint density at radius 1 is 1.41 bits per heavy atom. The topological polar surface area (TPSA) is 62.4 Å². The Balaban J connectivity index is 2.44. The van der Waals surface area contributed by atoms with Gasteiger partial charge in [0, 0.05) is 5.69 Å². The summed E-state index contributed by atoms with van der Waals surface area (Å²) < 4.78 is 0. The van der Waals surface area contributed by atoms with Gasteiger partial charge >= 0.3 is 0 Å². The van der Waals surface area contributed by atoms with Gasteiger partial charge in [0.15, 0.2) is 10.3 Å². The number of nitrogens with zero attached hydrogens (tertiary/aromatic N) is 1. The molecule has 0 amide bonds. The van der Waals surface area contributed by atoms with E-state index in [1.54, 1.807) is 0 Å². The van der Waals surface area contributed by atoms with Gasteiger partial charge in [0.05, 0.1) is 0 Å². The van der Waals surface area contributed by atoms with Crippen molar-refractivity contribution in [1.82, 2.24) is 5.43 Å². The predicted molar refractivity (Wildman–Crippen MR) is 80.3 cm³/mol. The highest BCUT2D eigenvalue weighted by molar-refractivity contribution is 8.13. The molecule has 6 heteroatoms. The minimum atomic E-state index is 0.425. The molecule has 0 aliphatic heterocycles. The number of benzene rings is 1. The Labute approximate surface area is 111 Å². The van der Waals surface area contributed by atoms with Gasteiger partial charge in [0.1, 0.15) is 0 Å². The Morgan fingerprint density at radius 3 is 2.65 bits per heavy atom. The highest BCUT2D eigenvalue weighted by Crippen LogP contribution is 2.08. The van der Waals surface area contributed by atoms with Crippen molar-refractivity contribution >= 4 is 39.9 Å². The normalized spacial score (nSPS) is 11.1. The summed E-state index contributed by atoms with van der Waals surface area (Å²) in [5.41, 5.74) is 10.4. The van der Waals surface area contributed by atoms with E-state index in [2.05, 4.69) is 15.8 Å². The molecule has 0 aromatic heterocycles. The summed E-state index contributed by atoms with van der Waals surface area (Å²) >= 11 is 6.54. The average molecular weight is 268 g/mol. The summed E-state index contributed by atoms with van der Waals surface area (Å²) in [4.78, 5) is 0. The van der Waals surface area contributed by atoms with E-state index in [0.717, 1.165) is 11.4 Å². The molecule has 0 fully saturated rings. The van der Waals surface area contributed by atoms with Crippen LogP contribution in [0.1, 0.15) is 12.5 Å². The minimum Gasteiger partial charge on any atom is -0.377 e. The van der Waals surface area contributed by atoms with Crippen molar-refractivity contribution in [3.05, 3.63) is 29.8 Å². The zero-order valence-corrected chi connectivity index (χ0v) is 11.5. The molecule has 0 saturated carbocycles. The van der Waals surface area contributed by atoms with E-state index in [1.807, 2.05) is 38.1 Å². The fraction of sp³-hybridized carbons (Fsp3) is 0.273. The van der Waals surface area contributed by atoms with Crippen LogP contribution in [0.4, 0.5) is 5.69 Å². The first-order valence-electron chi connectivity index (χ1n) is 5.21. The quantitative estimate of drug-likeness (QED) is 0.340. The number of nitrogens with two attached hydrogens (primary N) is 1. The molecular weight excluding hydrogens is 252 g/mol. The van der Waals surface area contributed by atoms with E-state index in [0.29, 0.717) is 10.3 Å². The Bertz CT molecular complexity index is 400. The molecule has 0 spiro atoms. The number of anilines is 1. The second kappa shape index (κ2) is 7.13. The number of thiocarbonyl (C=S) groups is 1. The highest BCUT2D eigenvalue weighted by atomic mass is 32.2. The molecule has 0 aliphatic carbocycles. The number of aryl methyl sites for hydroxylation is 1. The van der Waals surface area contributed by atoms with Crippen LogP contribution in [0.15, 0.2) is 29.4 Å². The predicted octanol–water partition coefficient (Wildman–Crippen LogP) is 2.26. The number of hydrogen-bond donors (Lipinski definition) is 3. The third-order valence-electron chi connectivity index (χ3n) is 1.87. The van der Waals surface area contributed by atoms with Crippen LogP contribution in [0.2, 0.25) is 0 Å². The lowest BCUT2D eigenvalue weighted by atomic mass is 10.2. The Hall–Kier alpha value is -1.27. The summed E-state index contributed by atoms with van der Waals surface area (Å²) in [6.07, 6.45) is 0. The molecule has 0 atom stereocenters. The number of hydrogen-bond acceptors (Lipinski definition) is 3. The first-order valence-corrected chi connectivity index (χ1v) is 6.61. The standard InChI is InChI=1S/C11H16N4S2/c1-3-17-10(12)14-15-11(16)13-9-6-4-8(2)5-7-9/h4-7H,3H2,1-2H3,(H2,12,14)(H2,13,15,16). The van der Waals surface area contributed by atoms with Crippen LogP contribution in [-0.2, 0) is 0 Å². The summed E-state index contributed by atoms with van der Waals surface area (Å²) in [5.74, 6) is 0.884. The van der Waals surface area contributed by atoms with Crippen molar-refractivity contribution in [2.45, 2.75) is 13.8 Å². The van der Waals surface area contributed by atoms with E-state index in [1.165, 1.54) is 17.3 Å². The molecule has 0 heterocycles. The van der Waals surface area contributed by atoms with Crippen LogP contribution in [-0.4, -0.2) is 16.0 Å². The summed E-state index contributed by atoms with van der Waals surface area (Å²) in [7, 11) is 0. The fourth-order valence-corrected chi connectivity index (χ4v) is 1.65. The van der Waals surface area contributed by atoms with Crippen LogP contribution in [0.25, 0.3) is 0 Å². The minimum absolute atomic E-state index is 0.425. The summed E-state index contributed by atoms with van der Waals surface area (Å²) in [6, 6.07) is 7.93. The SMILES string of the molecule is CCS/C(N)=N/NC(=S)Nc1ccc(C)cc1. The first kappa shape index (κ1) is 13.8. The first-order chi connectivity index (χ1) is 8.11. The molecule has 92 valence electrons. The molecule has 1 aromatic rings. The smallest absolute Gasteiger partial charge is 0.191 e. The van der Waals surface area contributed by atoms with Crippen LogP contribution >= 0.6 is 24.0 Å². The van der Waals surface area contributed by atoms with Crippen molar-refractivity contribution in [3.63, 3.8) is 0 Å². The molecule has 0 saturated heterocycles. The highest BCUT2D eigenvalue weighted by Gasteiger charge is 1.96. The third-order valence-corrected chi connectivity index (χ3v) is 2.74. The van der Waals surface area contributed by atoms with Gasteiger partial charge in [0.25, 0.3) is 0 Å². The summed E-state index contributed by atoms with van der Waals surface area (Å²) in [6.45, 7) is 4.04.